The highest BCUT2D eigenvalue weighted by Crippen LogP contribution is 2.22. The first-order valence-corrected chi connectivity index (χ1v) is 8.85. The average molecular weight is 295 g/mol. The standard InChI is InChI=1S/C16H29N3S/c1-6-14(17)9-13-8-12(3)16(18-10-13)19(4)15(7-2)11-20-5/h8,10,14-15H,6-7,9,11,17H2,1-5H3. The Labute approximate surface area is 128 Å². The van der Waals surface area contributed by atoms with E-state index >= 15 is 0 Å². The zero-order valence-corrected chi connectivity index (χ0v) is 14.3. The fraction of sp³-hybridized carbons (Fsp3) is 0.688. The lowest BCUT2D eigenvalue weighted by Gasteiger charge is -2.29. The molecule has 2 N–H and O–H groups in total. The first kappa shape index (κ1) is 17.3. The number of hydrogen-bond acceptors (Lipinski definition) is 4. The van der Waals surface area contributed by atoms with Crippen molar-refractivity contribution in [3.63, 3.8) is 0 Å². The molecule has 1 aromatic rings. The van der Waals surface area contributed by atoms with Crippen LogP contribution in [0.2, 0.25) is 0 Å². The summed E-state index contributed by atoms with van der Waals surface area (Å²) in [5.41, 5.74) is 8.51. The van der Waals surface area contributed by atoms with Crippen LogP contribution in [0.4, 0.5) is 5.82 Å². The Morgan fingerprint density at radius 3 is 2.55 bits per heavy atom. The second-order valence-electron chi connectivity index (χ2n) is 5.48. The zero-order chi connectivity index (χ0) is 15.1. The predicted octanol–water partition coefficient (Wildman–Crippen LogP) is 3.25. The second-order valence-corrected chi connectivity index (χ2v) is 6.40. The molecule has 1 heterocycles. The molecule has 0 amide bonds. The molecule has 1 rings (SSSR count). The smallest absolute Gasteiger partial charge is 0.131 e. The molecule has 20 heavy (non-hydrogen) atoms. The maximum Gasteiger partial charge on any atom is 0.131 e. The van der Waals surface area contributed by atoms with Crippen LogP contribution in [0.15, 0.2) is 12.3 Å². The van der Waals surface area contributed by atoms with Crippen LogP contribution in [0, 0.1) is 6.92 Å². The fourth-order valence-electron chi connectivity index (χ4n) is 2.42. The van der Waals surface area contributed by atoms with Gasteiger partial charge in [-0.3, -0.25) is 0 Å². The normalized spacial score (nSPS) is 14.1. The molecular formula is C16H29N3S. The van der Waals surface area contributed by atoms with E-state index in [4.69, 9.17) is 5.73 Å². The van der Waals surface area contributed by atoms with Gasteiger partial charge in [-0.1, -0.05) is 19.9 Å². The molecule has 4 heteroatoms. The SMILES string of the molecule is CCC(N)Cc1cnc(N(C)C(CC)CSC)c(C)c1. The van der Waals surface area contributed by atoms with Crippen LogP contribution in [0.25, 0.3) is 0 Å². The van der Waals surface area contributed by atoms with E-state index in [0.29, 0.717) is 6.04 Å². The Kier molecular flexibility index (Phi) is 7.38. The summed E-state index contributed by atoms with van der Waals surface area (Å²) in [5, 5.41) is 0. The molecule has 1 aromatic heterocycles. The molecule has 2 atom stereocenters. The van der Waals surface area contributed by atoms with Gasteiger partial charge in [-0.25, -0.2) is 4.98 Å². The number of hydrogen-bond donors (Lipinski definition) is 1. The summed E-state index contributed by atoms with van der Waals surface area (Å²) in [6, 6.07) is 3.01. The molecule has 0 aliphatic carbocycles. The van der Waals surface area contributed by atoms with Crippen molar-refractivity contribution in [1.82, 2.24) is 4.98 Å². The number of aromatic nitrogens is 1. The van der Waals surface area contributed by atoms with E-state index in [1.165, 1.54) is 11.1 Å². The van der Waals surface area contributed by atoms with Gasteiger partial charge in [-0.05, 0) is 43.6 Å². The molecule has 3 nitrogen and oxygen atoms in total. The fourth-order valence-corrected chi connectivity index (χ4v) is 3.27. The molecule has 0 fully saturated rings. The van der Waals surface area contributed by atoms with Gasteiger partial charge in [-0.2, -0.15) is 11.8 Å². The van der Waals surface area contributed by atoms with Crippen LogP contribution >= 0.6 is 11.8 Å². The molecular weight excluding hydrogens is 266 g/mol. The monoisotopic (exact) mass is 295 g/mol. The van der Waals surface area contributed by atoms with Crippen molar-refractivity contribution >= 4 is 17.6 Å². The predicted molar refractivity (Wildman–Crippen MR) is 91.8 cm³/mol. The highest BCUT2D eigenvalue weighted by molar-refractivity contribution is 7.98. The van der Waals surface area contributed by atoms with Crippen LogP contribution in [0.5, 0.6) is 0 Å². The summed E-state index contributed by atoms with van der Waals surface area (Å²) in [7, 11) is 2.15. The number of aryl methyl sites for hydroxylation is 1. The van der Waals surface area contributed by atoms with Crippen LogP contribution in [-0.4, -0.2) is 36.1 Å². The van der Waals surface area contributed by atoms with Gasteiger partial charge in [-0.15, -0.1) is 0 Å². The Morgan fingerprint density at radius 2 is 2.05 bits per heavy atom. The molecule has 0 aliphatic heterocycles. The zero-order valence-electron chi connectivity index (χ0n) is 13.5. The Morgan fingerprint density at radius 1 is 1.35 bits per heavy atom. The lowest BCUT2D eigenvalue weighted by atomic mass is 10.0. The van der Waals surface area contributed by atoms with Gasteiger partial charge in [0.05, 0.1) is 0 Å². The number of nitrogens with zero attached hydrogens (tertiary/aromatic N) is 2. The first-order valence-electron chi connectivity index (χ1n) is 7.46. The van der Waals surface area contributed by atoms with Crippen LogP contribution in [0.3, 0.4) is 0 Å². The molecule has 0 radical (unpaired) electrons. The minimum atomic E-state index is 0.236. The Bertz CT molecular complexity index is 409. The molecule has 0 aromatic carbocycles. The molecule has 0 bridgehead atoms. The largest absolute Gasteiger partial charge is 0.356 e. The van der Waals surface area contributed by atoms with Crippen molar-refractivity contribution in [1.29, 1.82) is 0 Å². The summed E-state index contributed by atoms with van der Waals surface area (Å²) in [4.78, 5) is 6.99. The van der Waals surface area contributed by atoms with E-state index in [1.807, 2.05) is 18.0 Å². The maximum atomic E-state index is 6.02. The summed E-state index contributed by atoms with van der Waals surface area (Å²) >= 11 is 1.89. The van der Waals surface area contributed by atoms with E-state index in [1.54, 1.807) is 0 Å². The summed E-state index contributed by atoms with van der Waals surface area (Å²) < 4.78 is 0. The van der Waals surface area contributed by atoms with Gasteiger partial charge in [0.15, 0.2) is 0 Å². The number of rotatable bonds is 8. The highest BCUT2D eigenvalue weighted by Gasteiger charge is 2.16. The summed E-state index contributed by atoms with van der Waals surface area (Å²) in [6.45, 7) is 6.51. The minimum Gasteiger partial charge on any atom is -0.356 e. The van der Waals surface area contributed by atoms with Gasteiger partial charge >= 0.3 is 0 Å². The van der Waals surface area contributed by atoms with Gasteiger partial charge in [0.2, 0.25) is 0 Å². The van der Waals surface area contributed by atoms with Crippen molar-refractivity contribution in [2.45, 2.75) is 52.1 Å². The van der Waals surface area contributed by atoms with Crippen molar-refractivity contribution < 1.29 is 0 Å². The average Bonchev–Trinajstić information content (AvgIpc) is 2.44. The van der Waals surface area contributed by atoms with Gasteiger partial charge < -0.3 is 10.6 Å². The van der Waals surface area contributed by atoms with Gasteiger partial charge in [0, 0.05) is 31.1 Å². The van der Waals surface area contributed by atoms with E-state index in [-0.39, 0.29) is 6.04 Å². The Balaban J connectivity index is 2.86. The minimum absolute atomic E-state index is 0.236. The molecule has 114 valence electrons. The summed E-state index contributed by atoms with van der Waals surface area (Å²) in [5.74, 6) is 2.23. The van der Waals surface area contributed by atoms with Crippen molar-refractivity contribution in [2.24, 2.45) is 5.73 Å². The Hall–Kier alpha value is -0.740. The molecule has 0 saturated heterocycles. The van der Waals surface area contributed by atoms with Gasteiger partial charge in [0.25, 0.3) is 0 Å². The number of anilines is 1. The molecule has 0 aliphatic rings. The van der Waals surface area contributed by atoms with E-state index in [2.05, 4.69) is 50.0 Å². The third-order valence-electron chi connectivity index (χ3n) is 3.84. The van der Waals surface area contributed by atoms with E-state index < -0.39 is 0 Å². The maximum absolute atomic E-state index is 6.02. The van der Waals surface area contributed by atoms with Crippen molar-refractivity contribution in [2.75, 3.05) is 24.0 Å². The van der Waals surface area contributed by atoms with Crippen LogP contribution in [-0.2, 0) is 6.42 Å². The van der Waals surface area contributed by atoms with Crippen molar-refractivity contribution in [3.8, 4) is 0 Å². The van der Waals surface area contributed by atoms with E-state index in [0.717, 1.165) is 30.8 Å². The topological polar surface area (TPSA) is 42.1 Å². The quantitative estimate of drug-likeness (QED) is 0.799. The molecule has 0 spiro atoms. The second kappa shape index (κ2) is 8.53. The molecule has 0 saturated carbocycles. The number of nitrogens with two attached hydrogens (primary N) is 1. The van der Waals surface area contributed by atoms with Crippen LogP contribution in [0.1, 0.15) is 37.8 Å². The third kappa shape index (κ3) is 4.67. The molecule has 2 unspecified atom stereocenters. The highest BCUT2D eigenvalue weighted by atomic mass is 32.2. The first-order chi connectivity index (χ1) is 9.53. The lowest BCUT2D eigenvalue weighted by Crippen LogP contribution is -2.34. The van der Waals surface area contributed by atoms with E-state index in [9.17, 15) is 0 Å². The summed E-state index contributed by atoms with van der Waals surface area (Å²) in [6.07, 6.45) is 7.20. The third-order valence-corrected chi connectivity index (χ3v) is 4.56. The van der Waals surface area contributed by atoms with Crippen molar-refractivity contribution in [3.05, 3.63) is 23.4 Å². The lowest BCUT2D eigenvalue weighted by molar-refractivity contribution is 0.642. The van der Waals surface area contributed by atoms with Gasteiger partial charge in [0.1, 0.15) is 5.82 Å². The van der Waals surface area contributed by atoms with Crippen LogP contribution < -0.4 is 10.6 Å². The number of thioether (sulfide) groups is 1. The number of pyridine rings is 1.